The van der Waals surface area contributed by atoms with E-state index in [1.165, 1.54) is 145 Å². The zero-order valence-corrected chi connectivity index (χ0v) is 69.4. The third-order valence-corrected chi connectivity index (χ3v) is 13.8. The number of aromatic nitrogens is 2. The number of aryl methyl sites for hydroxylation is 2. The minimum atomic E-state index is 0. The van der Waals surface area contributed by atoms with E-state index in [4.69, 9.17) is 52.6 Å². The summed E-state index contributed by atoms with van der Waals surface area (Å²) >= 11 is 0. The summed E-state index contributed by atoms with van der Waals surface area (Å²) in [6.07, 6.45) is 48.2. The van der Waals surface area contributed by atoms with Crippen molar-refractivity contribution < 1.29 is 41.5 Å². The van der Waals surface area contributed by atoms with E-state index in [-0.39, 0.29) is 36.9 Å². The van der Waals surface area contributed by atoms with Crippen molar-refractivity contribution in [1.29, 1.82) is 0 Å². The number of imidazole rings is 1. The topological polar surface area (TPSA) is 82.5 Å². The molecule has 0 radical (unpaired) electrons. The van der Waals surface area contributed by atoms with Gasteiger partial charge < -0.3 is 38.8 Å². The van der Waals surface area contributed by atoms with Gasteiger partial charge in [-0.2, -0.15) is 0 Å². The minimum Gasteiger partial charge on any atom is -0.320 e. The van der Waals surface area contributed by atoms with Gasteiger partial charge in [0.2, 0.25) is 67.6 Å². The SMILES string of the molecule is C1=C[CH+]C(=C(c2ccccc2)c2ccccc2)C=C1.C1=C[CH+]C(=C(c2ccccc2)c2ccccc2)C=C1.C1=C[CH+]C(=C(c2ccccc2)c2ccccc2)C=C1.C1=C[CH+]C(=C(c2ccccc2)c2ccccc2)C=C1.CN=[N+]=NC.Cn1cc[n+](C)c1.[C-]#[N+]C.[C-]#[N+]C.[C-]#[N+]C.[C-]#[N+]C.[C-]#[N+]C.[C-]#[N+]C.[C-]#[N+]C.[C-]#[N+]C.[Ni].[Pd]. The summed E-state index contributed by atoms with van der Waals surface area (Å²) in [5.41, 5.74) is 20.1. The molecule has 0 spiro atoms. The predicted octanol–water partition coefficient (Wildman–Crippen LogP) is 23.6. The van der Waals surface area contributed by atoms with Crippen molar-refractivity contribution in [2.45, 2.75) is 0 Å². The van der Waals surface area contributed by atoms with Gasteiger partial charge in [-0.05, 0) is 97.1 Å². The van der Waals surface area contributed by atoms with Crippen LogP contribution in [0.2, 0.25) is 0 Å². The summed E-state index contributed by atoms with van der Waals surface area (Å²) < 4.78 is 4.00. The second kappa shape index (κ2) is 72.9. The van der Waals surface area contributed by atoms with E-state index in [9.17, 15) is 0 Å². The van der Waals surface area contributed by atoms with Gasteiger partial charge in [0.05, 0.1) is 36.4 Å². The largest absolute Gasteiger partial charge is 0.320 e. The molecule has 8 aromatic carbocycles. The summed E-state index contributed by atoms with van der Waals surface area (Å²) in [5.74, 6) is 0. The first-order chi connectivity index (χ1) is 54.8. The fraction of sp³-hybridized carbons (Fsp3) is 0.121. The maximum Gasteiger partial charge on any atom is 0.243 e. The zero-order valence-electron chi connectivity index (χ0n) is 66.8. The van der Waals surface area contributed by atoms with Crippen molar-refractivity contribution >= 4 is 22.3 Å². The van der Waals surface area contributed by atoms with Crippen molar-refractivity contribution in [3.05, 3.63) is 542 Å². The molecule has 0 atom stereocenters. The third kappa shape index (κ3) is 46.2. The van der Waals surface area contributed by atoms with E-state index in [0.29, 0.717) is 0 Å². The molecule has 13 nitrogen and oxygen atoms in total. The minimum absolute atomic E-state index is 0. The molecule has 0 N–H and O–H groups in total. The first kappa shape index (κ1) is 104. The molecule has 0 aliphatic heterocycles. The van der Waals surface area contributed by atoms with E-state index in [0.717, 1.165) is 0 Å². The van der Waals surface area contributed by atoms with Crippen LogP contribution in [-0.2, 0) is 51.0 Å². The average molecular weight is 1640 g/mol. The van der Waals surface area contributed by atoms with E-state index < -0.39 is 0 Å². The maximum absolute atomic E-state index is 5.83. The van der Waals surface area contributed by atoms with Crippen molar-refractivity contribution in [3.8, 4) is 0 Å². The Kier molecular flexibility index (Phi) is 66.4. The van der Waals surface area contributed by atoms with Gasteiger partial charge in [0, 0.05) is 204 Å². The Morgan fingerprint density at radius 3 is 0.544 bits per heavy atom. The molecule has 0 unspecified atom stereocenters. The molecule has 0 amide bonds. The molecule has 13 rings (SSSR count). The van der Waals surface area contributed by atoms with Gasteiger partial charge in [-0.3, -0.25) is 0 Å². The molecular formula is C99H99N13NiPd+6. The van der Waals surface area contributed by atoms with Crippen molar-refractivity contribution in [2.24, 2.45) is 24.3 Å². The Morgan fingerprint density at radius 2 is 0.456 bits per heavy atom. The fourth-order valence-electron chi connectivity index (χ4n) is 9.92. The van der Waals surface area contributed by atoms with Crippen molar-refractivity contribution in [2.75, 3.05) is 70.5 Å². The Balaban J connectivity index is -0.00000125. The van der Waals surface area contributed by atoms with E-state index in [1.807, 2.05) is 42.0 Å². The number of nitrogens with zero attached hydrogens (tertiary/aromatic N) is 13. The molecule has 1 heterocycles. The smallest absolute Gasteiger partial charge is 0.243 e. The summed E-state index contributed by atoms with van der Waals surface area (Å²) in [4.78, 5) is 25.2. The van der Waals surface area contributed by atoms with Gasteiger partial charge in [0.25, 0.3) is 0 Å². The first-order valence-corrected chi connectivity index (χ1v) is 34.8. The van der Waals surface area contributed by atoms with Crippen LogP contribution < -0.4 is 9.48 Å². The predicted molar refractivity (Wildman–Crippen MR) is 472 cm³/mol. The van der Waals surface area contributed by atoms with Crippen LogP contribution in [0.3, 0.4) is 0 Å². The Hall–Kier alpha value is -14.3. The monoisotopic (exact) mass is 1630 g/mol. The number of hydrogen-bond acceptors (Lipinski definition) is 2. The number of benzene rings is 8. The van der Waals surface area contributed by atoms with Crippen LogP contribution in [0, 0.1) is 78.3 Å². The first-order valence-electron chi connectivity index (χ1n) is 34.8. The van der Waals surface area contributed by atoms with Crippen molar-refractivity contribution in [3.63, 3.8) is 0 Å². The molecule has 0 fully saturated rings. The molecule has 0 bridgehead atoms. The third-order valence-electron chi connectivity index (χ3n) is 13.8. The van der Waals surface area contributed by atoms with E-state index in [2.05, 4.69) is 419 Å². The molecule has 1 aromatic heterocycles. The standard InChI is InChI=1S/4C19H15.C5H9N2.C2H6N3.8C2H3N.Ni.Pd/c4*1-4-10-16(11-5-1)19(17-12-6-2-7-13-17)18-14-8-3-9-15-18;1-6-3-4-7(2)5-6;1-3-5-4-2;8*1-3-2;;/h4*1-15H;3-5H,1-2H3;1-2H3;8*1H3;;/q6*+1;;;;;;;;;;. The second-order valence-electron chi connectivity index (χ2n) is 21.9. The number of hydrogen-bond donors (Lipinski definition) is 0. The van der Waals surface area contributed by atoms with Gasteiger partial charge in [0.1, 0.15) is 59.0 Å². The van der Waals surface area contributed by atoms with Crippen LogP contribution in [0.4, 0.5) is 0 Å². The Labute approximate surface area is 705 Å². The molecule has 0 saturated heterocycles. The Bertz CT molecular complexity index is 4100. The van der Waals surface area contributed by atoms with Crippen LogP contribution in [-0.4, -0.2) is 75.0 Å². The van der Waals surface area contributed by atoms with E-state index >= 15 is 0 Å². The van der Waals surface area contributed by atoms with Crippen LogP contribution in [0.15, 0.2) is 391 Å². The summed E-state index contributed by atoms with van der Waals surface area (Å²) in [7, 11) is 18.5. The number of allylic oxidation sites excluding steroid dienone is 20. The van der Waals surface area contributed by atoms with Gasteiger partial charge in [-0.25, -0.2) is 61.7 Å². The second-order valence-corrected chi connectivity index (χ2v) is 21.9. The fourth-order valence-corrected chi connectivity index (χ4v) is 9.92. The van der Waals surface area contributed by atoms with Crippen LogP contribution in [0.5, 0.6) is 0 Å². The van der Waals surface area contributed by atoms with Gasteiger partial charge in [-0.1, -0.05) is 146 Å². The maximum atomic E-state index is 5.83. The molecule has 4 aliphatic carbocycles. The molecule has 9 aromatic rings. The molecule has 4 aliphatic rings. The zero-order chi connectivity index (χ0) is 82.7. The molecular weight excluding hydrogens is 1540 g/mol. The van der Waals surface area contributed by atoms with Crippen LogP contribution in [0.1, 0.15) is 44.5 Å². The average Bonchev–Trinajstić information content (AvgIpc) is 0.969. The molecule has 574 valence electrons. The van der Waals surface area contributed by atoms with Gasteiger partial charge >= 0.3 is 0 Å². The molecule has 114 heavy (non-hydrogen) atoms. The van der Waals surface area contributed by atoms with Crippen molar-refractivity contribution in [1.82, 2.24) is 9.48 Å². The van der Waals surface area contributed by atoms with Gasteiger partial charge in [0.15, 0.2) is 0 Å². The van der Waals surface area contributed by atoms with Crippen LogP contribution in [0.25, 0.3) is 61.1 Å². The summed E-state index contributed by atoms with van der Waals surface area (Å²) in [5, 5.41) is 6.62. The van der Waals surface area contributed by atoms with Gasteiger partial charge in [-0.15, -0.1) is 0 Å². The van der Waals surface area contributed by atoms with Crippen LogP contribution >= 0.6 is 0 Å². The Morgan fingerprint density at radius 1 is 0.298 bits per heavy atom. The molecule has 15 heteroatoms. The normalized spacial score (nSPS) is 10.1. The number of rotatable bonds is 8. The molecule has 0 saturated carbocycles. The van der Waals surface area contributed by atoms with E-state index in [1.54, 1.807) is 14.1 Å². The quantitative estimate of drug-likeness (QED) is 0.0478. The summed E-state index contributed by atoms with van der Waals surface area (Å²) in [6.45, 7) is 46.7. The summed E-state index contributed by atoms with van der Waals surface area (Å²) in [6, 6.07) is 84.4.